The van der Waals surface area contributed by atoms with Crippen molar-refractivity contribution in [2.45, 2.75) is 0 Å². The highest BCUT2D eigenvalue weighted by Gasteiger charge is 2.24. The molecule has 2 aromatic rings. The number of sulfone groups is 1. The standard InChI is InChI=1S/C17H22ClN4O4PS/c1-26-15-10-12(27(2,3)23)4-5-14(15)20-17-19-11-13(18)16(21-17)22-6-8-28(24,25)9-7-22/h4-5,10-11H,6-9H2,1-3H3,(H,19,20,21). The Hall–Kier alpha value is -1.83. The zero-order chi connectivity index (χ0) is 20.5. The van der Waals surface area contributed by atoms with Gasteiger partial charge in [0.25, 0.3) is 0 Å². The van der Waals surface area contributed by atoms with Crippen molar-refractivity contribution in [2.75, 3.05) is 55.3 Å². The van der Waals surface area contributed by atoms with E-state index < -0.39 is 17.0 Å². The van der Waals surface area contributed by atoms with Gasteiger partial charge in [0.05, 0.1) is 30.5 Å². The van der Waals surface area contributed by atoms with E-state index in [4.69, 9.17) is 16.3 Å². The monoisotopic (exact) mass is 444 g/mol. The van der Waals surface area contributed by atoms with E-state index in [2.05, 4.69) is 15.3 Å². The number of aromatic nitrogens is 2. The van der Waals surface area contributed by atoms with Gasteiger partial charge in [-0.1, -0.05) is 11.6 Å². The van der Waals surface area contributed by atoms with Gasteiger partial charge < -0.3 is 19.5 Å². The highest BCUT2D eigenvalue weighted by Crippen LogP contribution is 2.38. The van der Waals surface area contributed by atoms with Gasteiger partial charge in [-0.2, -0.15) is 4.98 Å². The van der Waals surface area contributed by atoms with E-state index in [0.717, 1.165) is 0 Å². The van der Waals surface area contributed by atoms with Crippen molar-refractivity contribution >= 4 is 51.3 Å². The number of nitrogens with one attached hydrogen (secondary N) is 1. The first kappa shape index (κ1) is 20.9. The summed E-state index contributed by atoms with van der Waals surface area (Å²) in [5.41, 5.74) is 0.620. The van der Waals surface area contributed by atoms with Crippen LogP contribution in [0.3, 0.4) is 0 Å². The molecule has 0 amide bonds. The third-order valence-corrected chi connectivity index (χ3v) is 7.82. The third-order valence-electron chi connectivity index (χ3n) is 4.42. The molecule has 28 heavy (non-hydrogen) atoms. The normalized spacial score (nSPS) is 16.6. The summed E-state index contributed by atoms with van der Waals surface area (Å²) < 4.78 is 41.0. The van der Waals surface area contributed by atoms with Crippen molar-refractivity contribution in [1.82, 2.24) is 9.97 Å². The Balaban J connectivity index is 1.87. The van der Waals surface area contributed by atoms with Crippen LogP contribution in [-0.4, -0.2) is 63.4 Å². The van der Waals surface area contributed by atoms with Crippen LogP contribution in [0.5, 0.6) is 5.75 Å². The lowest BCUT2D eigenvalue weighted by molar-refractivity contribution is 0.417. The molecule has 0 radical (unpaired) electrons. The molecule has 3 rings (SSSR count). The van der Waals surface area contributed by atoms with E-state index in [1.807, 2.05) is 4.90 Å². The molecule has 0 spiro atoms. The molecule has 1 aliphatic heterocycles. The molecule has 8 nitrogen and oxygen atoms in total. The van der Waals surface area contributed by atoms with E-state index in [1.54, 1.807) is 31.5 Å². The second-order valence-corrected chi connectivity index (χ2v) is 12.8. The van der Waals surface area contributed by atoms with Crippen LogP contribution >= 0.6 is 18.7 Å². The molecular formula is C17H22ClN4O4PS. The Labute approximate surface area is 169 Å². The molecule has 11 heteroatoms. The van der Waals surface area contributed by atoms with E-state index >= 15 is 0 Å². The molecule has 0 atom stereocenters. The van der Waals surface area contributed by atoms with Crippen molar-refractivity contribution in [2.24, 2.45) is 0 Å². The first-order chi connectivity index (χ1) is 13.1. The lowest BCUT2D eigenvalue weighted by Gasteiger charge is -2.28. The summed E-state index contributed by atoms with van der Waals surface area (Å²) in [6, 6.07) is 5.27. The molecule has 1 N–H and O–H groups in total. The third kappa shape index (κ3) is 4.77. The minimum atomic E-state index is -3.00. The van der Waals surface area contributed by atoms with Crippen LogP contribution in [-0.2, 0) is 14.4 Å². The average Bonchev–Trinajstić information content (AvgIpc) is 2.63. The number of anilines is 3. The Morgan fingerprint density at radius 1 is 1.25 bits per heavy atom. The van der Waals surface area contributed by atoms with Gasteiger partial charge in [0, 0.05) is 18.4 Å². The van der Waals surface area contributed by atoms with Gasteiger partial charge in [0.15, 0.2) is 15.7 Å². The fourth-order valence-corrected chi connectivity index (χ4v) is 5.08. The smallest absolute Gasteiger partial charge is 0.229 e. The summed E-state index contributed by atoms with van der Waals surface area (Å²) in [6.07, 6.45) is 1.47. The van der Waals surface area contributed by atoms with Crippen LogP contribution in [0.25, 0.3) is 0 Å². The second-order valence-electron chi connectivity index (χ2n) is 6.86. The quantitative estimate of drug-likeness (QED) is 0.701. The molecule has 1 aromatic carbocycles. The molecular weight excluding hydrogens is 423 g/mol. The van der Waals surface area contributed by atoms with Gasteiger partial charge in [-0.25, -0.2) is 13.4 Å². The molecule has 1 aliphatic rings. The first-order valence-electron chi connectivity index (χ1n) is 8.57. The number of hydrogen-bond donors (Lipinski definition) is 1. The molecule has 1 aromatic heterocycles. The number of hydrogen-bond acceptors (Lipinski definition) is 8. The number of rotatable bonds is 5. The lowest BCUT2D eigenvalue weighted by atomic mass is 10.3. The average molecular weight is 445 g/mol. The maximum Gasteiger partial charge on any atom is 0.229 e. The fourth-order valence-electron chi connectivity index (χ4n) is 2.80. The van der Waals surface area contributed by atoms with Crippen molar-refractivity contribution in [1.29, 1.82) is 0 Å². The largest absolute Gasteiger partial charge is 0.495 e. The highest BCUT2D eigenvalue weighted by molar-refractivity contribution is 7.91. The lowest BCUT2D eigenvalue weighted by Crippen LogP contribution is -2.40. The second kappa shape index (κ2) is 7.89. The fraction of sp³-hybridized carbons (Fsp3) is 0.412. The van der Waals surface area contributed by atoms with Gasteiger partial charge in [-0.3, -0.25) is 0 Å². The molecule has 0 saturated carbocycles. The number of methoxy groups -OCH3 is 1. The van der Waals surface area contributed by atoms with Gasteiger partial charge in [-0.05, 0) is 31.5 Å². The van der Waals surface area contributed by atoms with E-state index in [0.29, 0.717) is 46.6 Å². The van der Waals surface area contributed by atoms with Crippen LogP contribution in [0.2, 0.25) is 5.02 Å². The zero-order valence-corrected chi connectivity index (χ0v) is 18.3. The topological polar surface area (TPSA) is 101 Å². The molecule has 2 heterocycles. The van der Waals surface area contributed by atoms with Crippen LogP contribution < -0.4 is 20.3 Å². The van der Waals surface area contributed by atoms with Crippen LogP contribution in [0, 0.1) is 0 Å². The SMILES string of the molecule is COc1cc(P(C)(C)=O)ccc1Nc1ncc(Cl)c(N2CCS(=O)(=O)CC2)n1. The van der Waals surface area contributed by atoms with Crippen molar-refractivity contribution in [3.63, 3.8) is 0 Å². The summed E-state index contributed by atoms with van der Waals surface area (Å²) in [5, 5.41) is 4.15. The Morgan fingerprint density at radius 2 is 1.93 bits per heavy atom. The number of benzene rings is 1. The summed E-state index contributed by atoms with van der Waals surface area (Å²) in [4.78, 5) is 10.5. The van der Waals surface area contributed by atoms with Gasteiger partial charge in [0.1, 0.15) is 17.9 Å². The van der Waals surface area contributed by atoms with Crippen molar-refractivity contribution < 1.29 is 17.7 Å². The maximum absolute atomic E-state index is 12.3. The number of nitrogens with zero attached hydrogens (tertiary/aromatic N) is 3. The summed E-state index contributed by atoms with van der Waals surface area (Å²) in [5.74, 6) is 1.44. The van der Waals surface area contributed by atoms with E-state index in [1.165, 1.54) is 13.3 Å². The molecule has 152 valence electrons. The summed E-state index contributed by atoms with van der Waals surface area (Å²) >= 11 is 6.23. The Morgan fingerprint density at radius 3 is 2.54 bits per heavy atom. The summed E-state index contributed by atoms with van der Waals surface area (Å²) in [6.45, 7) is 4.06. The zero-order valence-electron chi connectivity index (χ0n) is 15.8. The van der Waals surface area contributed by atoms with Crippen molar-refractivity contribution in [3.8, 4) is 5.75 Å². The molecule has 0 bridgehead atoms. The van der Waals surface area contributed by atoms with Crippen LogP contribution in [0.1, 0.15) is 0 Å². The van der Waals surface area contributed by atoms with Crippen LogP contribution in [0.15, 0.2) is 24.4 Å². The van der Waals surface area contributed by atoms with Gasteiger partial charge >= 0.3 is 0 Å². The minimum absolute atomic E-state index is 0.0689. The first-order valence-corrected chi connectivity index (χ1v) is 13.4. The van der Waals surface area contributed by atoms with E-state index in [9.17, 15) is 13.0 Å². The molecule has 1 fully saturated rings. The highest BCUT2D eigenvalue weighted by atomic mass is 35.5. The Kier molecular flexibility index (Phi) is 5.89. The number of halogens is 1. The van der Waals surface area contributed by atoms with Crippen molar-refractivity contribution in [3.05, 3.63) is 29.4 Å². The summed E-state index contributed by atoms with van der Waals surface area (Å²) in [7, 11) is -3.89. The molecule has 0 aliphatic carbocycles. The van der Waals surface area contributed by atoms with Gasteiger partial charge in [-0.15, -0.1) is 0 Å². The predicted octanol–water partition coefficient (Wildman–Crippen LogP) is 2.37. The van der Waals surface area contributed by atoms with Gasteiger partial charge in [0.2, 0.25) is 5.95 Å². The predicted molar refractivity (Wildman–Crippen MR) is 113 cm³/mol. The Bertz CT molecular complexity index is 1030. The van der Waals surface area contributed by atoms with E-state index in [-0.39, 0.29) is 11.5 Å². The maximum atomic E-state index is 12.3. The molecule has 1 saturated heterocycles. The number of ether oxygens (including phenoxy) is 1. The van der Waals surface area contributed by atoms with Crippen LogP contribution in [0.4, 0.5) is 17.5 Å². The minimum Gasteiger partial charge on any atom is -0.495 e. The molecule has 0 unspecified atom stereocenters.